The Morgan fingerprint density at radius 2 is 1.95 bits per heavy atom. The molecule has 0 bridgehead atoms. The van der Waals surface area contributed by atoms with Crippen molar-refractivity contribution in [1.82, 2.24) is 9.88 Å². The van der Waals surface area contributed by atoms with Crippen LogP contribution in [0.15, 0.2) is 52.9 Å². The van der Waals surface area contributed by atoms with Crippen molar-refractivity contribution in [1.29, 1.82) is 0 Å². The fourth-order valence-electron chi connectivity index (χ4n) is 3.10. The van der Waals surface area contributed by atoms with Gasteiger partial charge in [0.15, 0.2) is 5.58 Å². The molecule has 1 atom stereocenters. The smallest absolute Gasteiger partial charge is 0.209 e. The van der Waals surface area contributed by atoms with E-state index in [0.29, 0.717) is 6.54 Å². The van der Waals surface area contributed by atoms with Crippen LogP contribution in [-0.2, 0) is 13.1 Å². The van der Waals surface area contributed by atoms with Gasteiger partial charge >= 0.3 is 0 Å². The Balaban J connectivity index is 1.58. The molecule has 112 valence electrons. The lowest BCUT2D eigenvalue weighted by Gasteiger charge is -2.18. The van der Waals surface area contributed by atoms with Gasteiger partial charge in [-0.05, 0) is 29.7 Å². The van der Waals surface area contributed by atoms with Gasteiger partial charge in [-0.2, -0.15) is 0 Å². The van der Waals surface area contributed by atoms with Crippen LogP contribution in [0.2, 0.25) is 0 Å². The molecule has 4 nitrogen and oxygen atoms in total. The largest absolute Gasteiger partial charge is 0.439 e. The molecule has 1 aromatic heterocycles. The van der Waals surface area contributed by atoms with Crippen molar-refractivity contribution in [2.24, 2.45) is 0 Å². The number of nitrogens with zero attached hydrogens (tertiary/aromatic N) is 2. The molecule has 0 aliphatic carbocycles. The van der Waals surface area contributed by atoms with Crippen molar-refractivity contribution in [3.05, 3.63) is 65.5 Å². The van der Waals surface area contributed by atoms with Gasteiger partial charge in [-0.3, -0.25) is 4.90 Å². The van der Waals surface area contributed by atoms with E-state index in [-0.39, 0.29) is 6.10 Å². The first kappa shape index (κ1) is 13.5. The number of aliphatic hydroxyl groups excluding tert-OH is 1. The molecular weight excluding hydrogens is 276 g/mol. The third-order valence-electron chi connectivity index (χ3n) is 4.22. The topological polar surface area (TPSA) is 49.5 Å². The lowest BCUT2D eigenvalue weighted by molar-refractivity contribution is 0.146. The van der Waals surface area contributed by atoms with E-state index in [2.05, 4.69) is 16.0 Å². The van der Waals surface area contributed by atoms with Gasteiger partial charge < -0.3 is 9.52 Å². The molecule has 0 fully saturated rings. The number of oxazole rings is 1. The van der Waals surface area contributed by atoms with E-state index in [4.69, 9.17) is 4.42 Å². The van der Waals surface area contributed by atoms with Crippen LogP contribution in [0.25, 0.3) is 11.1 Å². The maximum atomic E-state index is 10.3. The first-order valence-electron chi connectivity index (χ1n) is 7.62. The highest BCUT2D eigenvalue weighted by Crippen LogP contribution is 2.27. The Labute approximate surface area is 129 Å². The Hall–Kier alpha value is -2.17. The van der Waals surface area contributed by atoms with Gasteiger partial charge in [0.05, 0.1) is 12.6 Å². The Morgan fingerprint density at radius 1 is 1.14 bits per heavy atom. The third-order valence-corrected chi connectivity index (χ3v) is 4.22. The van der Waals surface area contributed by atoms with Crippen LogP contribution in [0.5, 0.6) is 0 Å². The Kier molecular flexibility index (Phi) is 3.41. The Bertz CT molecular complexity index is 763. The SMILES string of the molecule is OC1CCN(Cc2nc3ccccc3o2)Cc2ccccc21. The van der Waals surface area contributed by atoms with Gasteiger partial charge in [0.25, 0.3) is 0 Å². The molecule has 0 saturated carbocycles. The van der Waals surface area contributed by atoms with Crippen molar-refractivity contribution in [3.63, 3.8) is 0 Å². The predicted octanol–water partition coefficient (Wildman–Crippen LogP) is 3.27. The van der Waals surface area contributed by atoms with E-state index in [1.165, 1.54) is 5.56 Å². The Morgan fingerprint density at radius 3 is 2.86 bits per heavy atom. The normalized spacial score (nSPS) is 19.0. The predicted molar refractivity (Wildman–Crippen MR) is 84.1 cm³/mol. The monoisotopic (exact) mass is 294 g/mol. The maximum absolute atomic E-state index is 10.3. The number of hydrogen-bond acceptors (Lipinski definition) is 4. The van der Waals surface area contributed by atoms with Gasteiger partial charge in [-0.1, -0.05) is 36.4 Å². The maximum Gasteiger partial charge on any atom is 0.209 e. The van der Waals surface area contributed by atoms with E-state index in [9.17, 15) is 5.11 Å². The number of rotatable bonds is 2. The first-order valence-corrected chi connectivity index (χ1v) is 7.62. The number of benzene rings is 2. The molecule has 2 heterocycles. The minimum atomic E-state index is -0.384. The van der Waals surface area contributed by atoms with Crippen molar-refractivity contribution >= 4 is 11.1 Å². The summed E-state index contributed by atoms with van der Waals surface area (Å²) in [6.07, 6.45) is 0.349. The average molecular weight is 294 g/mol. The molecule has 0 spiro atoms. The molecule has 4 rings (SSSR count). The number of para-hydroxylation sites is 2. The highest BCUT2D eigenvalue weighted by Gasteiger charge is 2.21. The fraction of sp³-hybridized carbons (Fsp3) is 0.278. The summed E-state index contributed by atoms with van der Waals surface area (Å²) < 4.78 is 5.81. The van der Waals surface area contributed by atoms with Crippen molar-refractivity contribution in [3.8, 4) is 0 Å². The lowest BCUT2D eigenvalue weighted by atomic mass is 10.0. The molecule has 1 aliphatic heterocycles. The molecule has 22 heavy (non-hydrogen) atoms. The summed E-state index contributed by atoms with van der Waals surface area (Å²) in [5, 5.41) is 10.3. The molecule has 3 aromatic rings. The zero-order valence-electron chi connectivity index (χ0n) is 12.3. The van der Waals surface area contributed by atoms with Crippen molar-refractivity contribution in [2.75, 3.05) is 6.54 Å². The zero-order chi connectivity index (χ0) is 14.9. The van der Waals surface area contributed by atoms with Crippen LogP contribution in [0, 0.1) is 0 Å². The molecule has 2 aromatic carbocycles. The summed E-state index contributed by atoms with van der Waals surface area (Å²) in [4.78, 5) is 6.82. The van der Waals surface area contributed by atoms with E-state index in [1.807, 2.05) is 42.5 Å². The van der Waals surface area contributed by atoms with Crippen LogP contribution in [0.1, 0.15) is 29.5 Å². The molecule has 1 aliphatic rings. The first-order chi connectivity index (χ1) is 10.8. The summed E-state index contributed by atoms with van der Waals surface area (Å²) in [6.45, 7) is 2.30. The van der Waals surface area contributed by atoms with Gasteiger partial charge in [0.2, 0.25) is 5.89 Å². The van der Waals surface area contributed by atoms with Crippen LogP contribution in [0.3, 0.4) is 0 Å². The standard InChI is InChI=1S/C18H18N2O2/c21-16-9-10-20(11-13-5-1-2-6-14(13)16)12-18-19-15-7-3-4-8-17(15)22-18/h1-8,16,21H,9-12H2. The molecule has 0 amide bonds. The van der Waals surface area contributed by atoms with Gasteiger partial charge in [0.1, 0.15) is 5.52 Å². The zero-order valence-corrected chi connectivity index (χ0v) is 12.3. The number of fused-ring (bicyclic) bond motifs is 2. The fourth-order valence-corrected chi connectivity index (χ4v) is 3.10. The summed E-state index contributed by atoms with van der Waals surface area (Å²) in [7, 11) is 0. The second kappa shape index (κ2) is 5.55. The van der Waals surface area contributed by atoms with Crippen molar-refractivity contribution in [2.45, 2.75) is 25.6 Å². The number of hydrogen-bond donors (Lipinski definition) is 1. The minimum Gasteiger partial charge on any atom is -0.439 e. The van der Waals surface area contributed by atoms with E-state index < -0.39 is 0 Å². The van der Waals surface area contributed by atoms with Crippen LogP contribution in [0.4, 0.5) is 0 Å². The third kappa shape index (κ3) is 2.51. The van der Waals surface area contributed by atoms with Gasteiger partial charge in [0, 0.05) is 13.1 Å². The second-order valence-electron chi connectivity index (χ2n) is 5.79. The molecule has 0 radical (unpaired) electrons. The molecule has 0 saturated heterocycles. The summed E-state index contributed by atoms with van der Waals surface area (Å²) in [5.74, 6) is 0.732. The van der Waals surface area contributed by atoms with E-state index in [1.54, 1.807) is 0 Å². The van der Waals surface area contributed by atoms with E-state index >= 15 is 0 Å². The van der Waals surface area contributed by atoms with Crippen LogP contribution >= 0.6 is 0 Å². The van der Waals surface area contributed by atoms with E-state index in [0.717, 1.165) is 42.1 Å². The molecular formula is C18H18N2O2. The van der Waals surface area contributed by atoms with Crippen molar-refractivity contribution < 1.29 is 9.52 Å². The van der Waals surface area contributed by atoms with Crippen LogP contribution in [-0.4, -0.2) is 21.5 Å². The number of aromatic nitrogens is 1. The second-order valence-corrected chi connectivity index (χ2v) is 5.79. The minimum absolute atomic E-state index is 0.384. The highest BCUT2D eigenvalue weighted by atomic mass is 16.3. The molecule has 1 unspecified atom stereocenters. The molecule has 4 heteroatoms. The number of aliphatic hydroxyl groups is 1. The summed E-state index contributed by atoms with van der Waals surface area (Å²) in [6, 6.07) is 15.9. The average Bonchev–Trinajstić information content (AvgIpc) is 2.87. The lowest BCUT2D eigenvalue weighted by Crippen LogP contribution is -2.23. The molecule has 1 N–H and O–H groups in total. The highest BCUT2D eigenvalue weighted by molar-refractivity contribution is 5.72. The van der Waals surface area contributed by atoms with Crippen LogP contribution < -0.4 is 0 Å². The quantitative estimate of drug-likeness (QED) is 0.788. The van der Waals surface area contributed by atoms with Gasteiger partial charge in [-0.15, -0.1) is 0 Å². The summed E-state index contributed by atoms with van der Waals surface area (Å²) >= 11 is 0. The van der Waals surface area contributed by atoms with Gasteiger partial charge in [-0.25, -0.2) is 4.98 Å². The summed E-state index contributed by atoms with van der Waals surface area (Å²) in [5.41, 5.74) is 3.95.